The summed E-state index contributed by atoms with van der Waals surface area (Å²) in [5.74, 6) is 0. The van der Waals surface area contributed by atoms with Gasteiger partial charge in [0.15, 0.2) is 0 Å². The fraction of sp³-hybridized carbons (Fsp3) is 0.667. The van der Waals surface area contributed by atoms with Gasteiger partial charge in [-0.2, -0.15) is 0 Å². The lowest BCUT2D eigenvalue weighted by molar-refractivity contribution is 0.141. The summed E-state index contributed by atoms with van der Waals surface area (Å²) in [5, 5.41) is 0.955. The van der Waals surface area contributed by atoms with Gasteiger partial charge in [0.1, 0.15) is 0 Å². The first kappa shape index (κ1) is 15.4. The molecular formula is C18H27BrN2. The van der Waals surface area contributed by atoms with Crippen molar-refractivity contribution in [3.8, 4) is 0 Å². The lowest BCUT2D eigenvalue weighted by Crippen LogP contribution is -2.46. The monoisotopic (exact) mass is 350 g/mol. The van der Waals surface area contributed by atoms with Crippen LogP contribution >= 0.6 is 15.9 Å². The summed E-state index contributed by atoms with van der Waals surface area (Å²) in [7, 11) is 0. The van der Waals surface area contributed by atoms with Gasteiger partial charge >= 0.3 is 0 Å². The van der Waals surface area contributed by atoms with Crippen LogP contribution < -0.4 is 4.90 Å². The third-order valence-corrected chi connectivity index (χ3v) is 5.81. The molecule has 2 aliphatic heterocycles. The summed E-state index contributed by atoms with van der Waals surface area (Å²) in [5.41, 5.74) is 4.22. The third-order valence-electron chi connectivity index (χ3n) is 5.21. The van der Waals surface area contributed by atoms with E-state index in [1.807, 2.05) is 0 Å². The Balaban J connectivity index is 1.58. The molecule has 2 aliphatic rings. The molecule has 0 aliphatic carbocycles. The maximum absolute atomic E-state index is 3.56. The van der Waals surface area contributed by atoms with Crippen molar-refractivity contribution >= 4 is 21.6 Å². The summed E-state index contributed by atoms with van der Waals surface area (Å²) >= 11 is 3.56. The van der Waals surface area contributed by atoms with E-state index in [0.29, 0.717) is 0 Å². The van der Waals surface area contributed by atoms with E-state index < -0.39 is 0 Å². The van der Waals surface area contributed by atoms with Gasteiger partial charge < -0.3 is 9.80 Å². The van der Waals surface area contributed by atoms with Gasteiger partial charge in [0.2, 0.25) is 0 Å². The summed E-state index contributed by atoms with van der Waals surface area (Å²) < 4.78 is 0. The lowest BCUT2D eigenvalue weighted by atomic mass is 9.99. The van der Waals surface area contributed by atoms with Crippen LogP contribution in [0, 0.1) is 6.92 Å². The number of aryl methyl sites for hydroxylation is 1. The van der Waals surface area contributed by atoms with E-state index >= 15 is 0 Å². The van der Waals surface area contributed by atoms with Gasteiger partial charge in [-0.3, -0.25) is 0 Å². The van der Waals surface area contributed by atoms with Gasteiger partial charge in [-0.05, 0) is 69.0 Å². The standard InChI is InChI=1S/C18H27BrN2/c1-15-13-18(6-5-16(15)14-19)21-11-7-17(8-12-21)20-9-3-2-4-10-20/h5-6,13,17H,2-4,7-12,14H2,1H3. The molecule has 0 aromatic heterocycles. The molecule has 0 saturated carbocycles. The minimum atomic E-state index is 0.837. The number of anilines is 1. The molecule has 116 valence electrons. The van der Waals surface area contributed by atoms with Gasteiger partial charge in [0, 0.05) is 30.1 Å². The molecule has 0 bridgehead atoms. The van der Waals surface area contributed by atoms with Crippen molar-refractivity contribution in [1.82, 2.24) is 4.90 Å². The van der Waals surface area contributed by atoms with Crippen LogP contribution in [0.25, 0.3) is 0 Å². The molecule has 3 rings (SSSR count). The molecule has 0 atom stereocenters. The highest BCUT2D eigenvalue weighted by Crippen LogP contribution is 2.26. The Bertz CT molecular complexity index is 460. The Morgan fingerprint density at radius 2 is 1.76 bits per heavy atom. The van der Waals surface area contributed by atoms with Gasteiger partial charge in [-0.1, -0.05) is 28.4 Å². The highest BCUT2D eigenvalue weighted by Gasteiger charge is 2.25. The first-order chi connectivity index (χ1) is 10.3. The molecule has 2 nitrogen and oxygen atoms in total. The Kier molecular flexibility index (Phi) is 5.23. The summed E-state index contributed by atoms with van der Waals surface area (Å²) in [4.78, 5) is 5.32. The van der Waals surface area contributed by atoms with Crippen LogP contribution in [0.3, 0.4) is 0 Å². The zero-order chi connectivity index (χ0) is 14.7. The Morgan fingerprint density at radius 3 is 2.38 bits per heavy atom. The molecular weight excluding hydrogens is 324 g/mol. The van der Waals surface area contributed by atoms with Crippen LogP contribution in [0.1, 0.15) is 43.2 Å². The third kappa shape index (κ3) is 3.62. The number of halogens is 1. The zero-order valence-corrected chi connectivity index (χ0v) is 14.7. The van der Waals surface area contributed by atoms with Crippen LogP contribution in [0.15, 0.2) is 18.2 Å². The minimum absolute atomic E-state index is 0.837. The van der Waals surface area contributed by atoms with Crippen molar-refractivity contribution in [1.29, 1.82) is 0 Å². The average Bonchev–Trinajstić information content (AvgIpc) is 2.56. The molecule has 2 heterocycles. The van der Waals surface area contributed by atoms with Gasteiger partial charge in [0.25, 0.3) is 0 Å². The van der Waals surface area contributed by atoms with Crippen LogP contribution in [0.4, 0.5) is 5.69 Å². The second-order valence-electron chi connectivity index (χ2n) is 6.56. The fourth-order valence-electron chi connectivity index (χ4n) is 3.80. The molecule has 2 fully saturated rings. The molecule has 2 saturated heterocycles. The van der Waals surface area contributed by atoms with Crippen LogP contribution in [0.5, 0.6) is 0 Å². The van der Waals surface area contributed by atoms with E-state index in [9.17, 15) is 0 Å². The molecule has 0 spiro atoms. The molecule has 0 radical (unpaired) electrons. The minimum Gasteiger partial charge on any atom is -0.371 e. The maximum atomic E-state index is 3.56. The van der Waals surface area contributed by atoms with Crippen LogP contribution in [-0.4, -0.2) is 37.1 Å². The van der Waals surface area contributed by atoms with Crippen molar-refractivity contribution < 1.29 is 0 Å². The molecule has 1 aromatic carbocycles. The average molecular weight is 351 g/mol. The van der Waals surface area contributed by atoms with Crippen molar-refractivity contribution in [3.05, 3.63) is 29.3 Å². The predicted octanol–water partition coefficient (Wildman–Crippen LogP) is 4.34. The van der Waals surface area contributed by atoms with E-state index in [1.165, 1.54) is 75.1 Å². The Morgan fingerprint density at radius 1 is 1.05 bits per heavy atom. The molecule has 1 aromatic rings. The summed E-state index contributed by atoms with van der Waals surface area (Å²) in [6.07, 6.45) is 6.92. The van der Waals surface area contributed by atoms with Crippen LogP contribution in [-0.2, 0) is 5.33 Å². The normalized spacial score (nSPS) is 21.7. The van der Waals surface area contributed by atoms with E-state index in [1.54, 1.807) is 0 Å². The van der Waals surface area contributed by atoms with E-state index in [2.05, 4.69) is 50.9 Å². The maximum Gasteiger partial charge on any atom is 0.0369 e. The highest BCUT2D eigenvalue weighted by atomic mass is 79.9. The van der Waals surface area contributed by atoms with E-state index in [4.69, 9.17) is 0 Å². The number of rotatable bonds is 3. The predicted molar refractivity (Wildman–Crippen MR) is 94.5 cm³/mol. The largest absolute Gasteiger partial charge is 0.371 e. The summed E-state index contributed by atoms with van der Waals surface area (Å²) in [6.45, 7) is 7.33. The zero-order valence-electron chi connectivity index (χ0n) is 13.2. The molecule has 0 amide bonds. The molecule has 21 heavy (non-hydrogen) atoms. The first-order valence-electron chi connectivity index (χ1n) is 8.42. The van der Waals surface area contributed by atoms with E-state index in [-0.39, 0.29) is 0 Å². The van der Waals surface area contributed by atoms with Crippen LogP contribution in [0.2, 0.25) is 0 Å². The number of hydrogen-bond acceptors (Lipinski definition) is 2. The molecule has 3 heteroatoms. The number of nitrogens with zero attached hydrogens (tertiary/aromatic N) is 2. The SMILES string of the molecule is Cc1cc(N2CCC(N3CCCCC3)CC2)ccc1CBr. The van der Waals surface area contributed by atoms with Crippen molar-refractivity contribution in [2.75, 3.05) is 31.1 Å². The Hall–Kier alpha value is -0.540. The van der Waals surface area contributed by atoms with E-state index in [0.717, 1.165) is 11.4 Å². The smallest absolute Gasteiger partial charge is 0.0369 e. The Labute approximate surface area is 137 Å². The summed E-state index contributed by atoms with van der Waals surface area (Å²) in [6, 6.07) is 7.77. The molecule has 0 unspecified atom stereocenters. The number of likely N-dealkylation sites (tertiary alicyclic amines) is 1. The topological polar surface area (TPSA) is 6.48 Å². The highest BCUT2D eigenvalue weighted by molar-refractivity contribution is 9.08. The number of benzene rings is 1. The lowest BCUT2D eigenvalue weighted by Gasteiger charge is -2.41. The second kappa shape index (κ2) is 7.15. The van der Waals surface area contributed by atoms with Crippen molar-refractivity contribution in [2.24, 2.45) is 0 Å². The van der Waals surface area contributed by atoms with Gasteiger partial charge in [-0.15, -0.1) is 0 Å². The van der Waals surface area contributed by atoms with Gasteiger partial charge in [-0.25, -0.2) is 0 Å². The quantitative estimate of drug-likeness (QED) is 0.748. The second-order valence-corrected chi connectivity index (χ2v) is 7.12. The van der Waals surface area contributed by atoms with Crippen molar-refractivity contribution in [2.45, 2.75) is 50.4 Å². The number of alkyl halides is 1. The fourth-order valence-corrected chi connectivity index (χ4v) is 4.43. The van der Waals surface area contributed by atoms with Gasteiger partial charge in [0.05, 0.1) is 0 Å². The number of piperidine rings is 2. The molecule has 0 N–H and O–H groups in total. The van der Waals surface area contributed by atoms with Crippen molar-refractivity contribution in [3.63, 3.8) is 0 Å². The first-order valence-corrected chi connectivity index (χ1v) is 9.54. The number of hydrogen-bond donors (Lipinski definition) is 0.